The van der Waals surface area contributed by atoms with Gasteiger partial charge in [-0.2, -0.15) is 0 Å². The van der Waals surface area contributed by atoms with Crippen LogP contribution in [0.3, 0.4) is 0 Å². The number of hydrogen-bond donors (Lipinski definition) is 0. The SMILES string of the molecule is c1ccc2nc3c(nc2c1)c1cc(-c2ccc4oc5ccccc5c4c2)cc2c4cc5oc6ccccc6c5cc4n3c21. The van der Waals surface area contributed by atoms with E-state index in [4.69, 9.17) is 18.8 Å². The summed E-state index contributed by atoms with van der Waals surface area (Å²) in [7, 11) is 0. The number of rotatable bonds is 1. The van der Waals surface area contributed by atoms with Crippen molar-refractivity contribution in [1.29, 1.82) is 0 Å². The summed E-state index contributed by atoms with van der Waals surface area (Å²) >= 11 is 0. The molecule has 0 aliphatic carbocycles. The molecule has 0 unspecified atom stereocenters. The van der Waals surface area contributed by atoms with Gasteiger partial charge in [0.15, 0.2) is 5.65 Å². The standard InChI is InChI=1S/C38H19N3O2/c1-5-11-32-22(7-1)25-15-20(13-14-34(25)42-32)21-16-27-24-19-35-26(23-8-2-6-12-33(23)43-35)18-31(24)41-37(27)28(17-21)36-38(41)40-30-10-4-3-9-29(30)39-36/h1-19H. The highest BCUT2D eigenvalue weighted by atomic mass is 16.3. The first-order chi connectivity index (χ1) is 21.3. The van der Waals surface area contributed by atoms with Crippen LogP contribution in [0.25, 0.3) is 104 Å². The van der Waals surface area contributed by atoms with Crippen LogP contribution in [0.15, 0.2) is 124 Å². The van der Waals surface area contributed by atoms with E-state index in [1.54, 1.807) is 0 Å². The normalized spacial score (nSPS) is 12.7. The zero-order valence-electron chi connectivity index (χ0n) is 22.6. The van der Waals surface area contributed by atoms with Gasteiger partial charge in [0.25, 0.3) is 0 Å². The van der Waals surface area contributed by atoms with Crippen molar-refractivity contribution in [2.45, 2.75) is 0 Å². The second kappa shape index (κ2) is 7.46. The van der Waals surface area contributed by atoms with E-state index in [-0.39, 0.29) is 0 Å². The molecule has 5 heteroatoms. The van der Waals surface area contributed by atoms with Crippen molar-refractivity contribution in [3.63, 3.8) is 0 Å². The van der Waals surface area contributed by atoms with E-state index in [9.17, 15) is 0 Å². The summed E-state index contributed by atoms with van der Waals surface area (Å²) in [6.45, 7) is 0. The van der Waals surface area contributed by atoms with Crippen LogP contribution in [0, 0.1) is 0 Å². The third kappa shape index (κ3) is 2.72. The van der Waals surface area contributed by atoms with Gasteiger partial charge in [0.2, 0.25) is 0 Å². The minimum atomic E-state index is 0.870. The van der Waals surface area contributed by atoms with Crippen molar-refractivity contribution in [2.75, 3.05) is 0 Å². The number of furan rings is 2. The highest BCUT2D eigenvalue weighted by Crippen LogP contribution is 2.44. The number of nitrogens with zero attached hydrogens (tertiary/aromatic N) is 3. The Morgan fingerprint density at radius 2 is 1.07 bits per heavy atom. The zero-order valence-corrected chi connectivity index (χ0v) is 22.6. The molecule has 0 amide bonds. The number of para-hydroxylation sites is 4. The number of benzene rings is 6. The van der Waals surface area contributed by atoms with Crippen molar-refractivity contribution >= 4 is 93.3 Å². The van der Waals surface area contributed by atoms with Gasteiger partial charge >= 0.3 is 0 Å². The third-order valence-corrected chi connectivity index (χ3v) is 9.09. The molecule has 43 heavy (non-hydrogen) atoms. The molecule has 0 fully saturated rings. The lowest BCUT2D eigenvalue weighted by molar-refractivity contribution is 0.669. The minimum Gasteiger partial charge on any atom is -0.456 e. The molecule has 0 N–H and O–H groups in total. The Morgan fingerprint density at radius 1 is 0.442 bits per heavy atom. The smallest absolute Gasteiger partial charge is 0.165 e. The lowest BCUT2D eigenvalue weighted by Gasteiger charge is -2.05. The molecular formula is C38H19N3O2. The van der Waals surface area contributed by atoms with Crippen LogP contribution < -0.4 is 0 Å². The Kier molecular flexibility index (Phi) is 3.78. The Labute approximate surface area is 242 Å². The highest BCUT2D eigenvalue weighted by Gasteiger charge is 2.23. The summed E-state index contributed by atoms with van der Waals surface area (Å²) in [5.41, 5.74) is 11.6. The predicted molar refractivity (Wildman–Crippen MR) is 174 cm³/mol. The summed E-state index contributed by atoms with van der Waals surface area (Å²) in [5.74, 6) is 0. The Bertz CT molecular complexity index is 2960. The van der Waals surface area contributed by atoms with E-state index >= 15 is 0 Å². The molecule has 0 bridgehead atoms. The Balaban J connectivity index is 1.32. The van der Waals surface area contributed by atoms with Gasteiger partial charge < -0.3 is 8.83 Å². The van der Waals surface area contributed by atoms with Crippen molar-refractivity contribution < 1.29 is 8.83 Å². The maximum absolute atomic E-state index is 6.34. The second-order valence-electron chi connectivity index (χ2n) is 11.4. The molecule has 6 aromatic carbocycles. The van der Waals surface area contributed by atoms with Crippen LogP contribution >= 0.6 is 0 Å². The number of fused-ring (bicyclic) bond motifs is 13. The first kappa shape index (κ1) is 21.8. The van der Waals surface area contributed by atoms with Crippen LogP contribution in [-0.4, -0.2) is 14.4 Å². The van der Waals surface area contributed by atoms with Gasteiger partial charge in [-0.05, 0) is 71.8 Å². The average Bonchev–Trinajstić information content (AvgIpc) is 3.78. The van der Waals surface area contributed by atoms with E-state index in [2.05, 4.69) is 71.1 Å². The molecule has 5 nitrogen and oxygen atoms in total. The first-order valence-corrected chi connectivity index (χ1v) is 14.4. The molecular weight excluding hydrogens is 530 g/mol. The van der Waals surface area contributed by atoms with Gasteiger partial charge in [-0.3, -0.25) is 4.40 Å². The minimum absolute atomic E-state index is 0.870. The molecule has 5 aromatic heterocycles. The summed E-state index contributed by atoms with van der Waals surface area (Å²) in [4.78, 5) is 10.4. The average molecular weight is 550 g/mol. The fourth-order valence-electron chi connectivity index (χ4n) is 7.16. The molecule has 0 radical (unpaired) electrons. The van der Waals surface area contributed by atoms with Gasteiger partial charge in [0.1, 0.15) is 27.8 Å². The maximum atomic E-state index is 6.34. The Hall–Kier alpha value is -5.94. The van der Waals surface area contributed by atoms with Crippen LogP contribution in [0.4, 0.5) is 0 Å². The summed E-state index contributed by atoms with van der Waals surface area (Å²) in [6.07, 6.45) is 0. The van der Waals surface area contributed by atoms with Crippen molar-refractivity contribution in [2.24, 2.45) is 0 Å². The second-order valence-corrected chi connectivity index (χ2v) is 11.4. The molecule has 5 heterocycles. The van der Waals surface area contributed by atoms with E-state index < -0.39 is 0 Å². The van der Waals surface area contributed by atoms with Crippen molar-refractivity contribution in [3.05, 3.63) is 115 Å². The fraction of sp³-hybridized carbons (Fsp3) is 0. The molecule has 198 valence electrons. The molecule has 0 saturated carbocycles. The molecule has 0 aliphatic heterocycles. The van der Waals surface area contributed by atoms with Gasteiger partial charge in [-0.15, -0.1) is 0 Å². The van der Waals surface area contributed by atoms with E-state index in [1.807, 2.05) is 48.5 Å². The van der Waals surface area contributed by atoms with Gasteiger partial charge in [-0.1, -0.05) is 54.6 Å². The molecule has 0 saturated heterocycles. The molecule has 0 aliphatic rings. The topological polar surface area (TPSA) is 56.5 Å². The van der Waals surface area contributed by atoms with E-state index in [1.165, 1.54) is 0 Å². The van der Waals surface area contributed by atoms with Crippen molar-refractivity contribution in [1.82, 2.24) is 14.4 Å². The van der Waals surface area contributed by atoms with Crippen LogP contribution in [0.2, 0.25) is 0 Å². The van der Waals surface area contributed by atoms with E-state index in [0.717, 1.165) is 104 Å². The van der Waals surface area contributed by atoms with Gasteiger partial charge in [-0.25, -0.2) is 9.97 Å². The van der Waals surface area contributed by atoms with Crippen LogP contribution in [-0.2, 0) is 0 Å². The lowest BCUT2D eigenvalue weighted by Crippen LogP contribution is -1.88. The zero-order chi connectivity index (χ0) is 27.8. The molecule has 0 spiro atoms. The molecule has 11 rings (SSSR count). The Morgan fingerprint density at radius 3 is 1.88 bits per heavy atom. The van der Waals surface area contributed by atoms with Gasteiger partial charge in [0.05, 0.1) is 22.1 Å². The molecule has 0 atom stereocenters. The lowest BCUT2D eigenvalue weighted by atomic mass is 9.98. The quantitative estimate of drug-likeness (QED) is 0.204. The van der Waals surface area contributed by atoms with E-state index in [0.29, 0.717) is 0 Å². The number of aromatic nitrogens is 3. The van der Waals surface area contributed by atoms with Crippen molar-refractivity contribution in [3.8, 4) is 11.1 Å². The monoisotopic (exact) mass is 549 g/mol. The predicted octanol–water partition coefficient (Wildman–Crippen LogP) is 10.2. The summed E-state index contributed by atoms with van der Waals surface area (Å²) in [5, 5.41) is 7.84. The fourth-order valence-corrected chi connectivity index (χ4v) is 7.16. The highest BCUT2D eigenvalue weighted by molar-refractivity contribution is 6.26. The van der Waals surface area contributed by atoms with Gasteiger partial charge in [0, 0.05) is 37.7 Å². The largest absolute Gasteiger partial charge is 0.456 e. The summed E-state index contributed by atoms with van der Waals surface area (Å²) < 4.78 is 14.8. The molecule has 11 aromatic rings. The number of hydrogen-bond acceptors (Lipinski definition) is 4. The van der Waals surface area contributed by atoms with Crippen LogP contribution in [0.1, 0.15) is 0 Å². The third-order valence-electron chi connectivity index (χ3n) is 9.09. The van der Waals surface area contributed by atoms with Crippen LogP contribution in [0.5, 0.6) is 0 Å². The maximum Gasteiger partial charge on any atom is 0.165 e. The summed E-state index contributed by atoms with van der Waals surface area (Å²) in [6, 6.07) is 40.1. The first-order valence-electron chi connectivity index (χ1n) is 14.4.